The molecule has 0 aliphatic carbocycles. The second-order valence-electron chi connectivity index (χ2n) is 2.24. The Morgan fingerprint density at radius 1 is 1.33 bits per heavy atom. The monoisotopic (exact) mass is 162 g/mol. The average Bonchev–Trinajstić information content (AvgIpc) is 2.06. The summed E-state index contributed by atoms with van der Waals surface area (Å²) >= 11 is 0. The first-order chi connectivity index (χ1) is 5.83. The quantitative estimate of drug-likeness (QED) is 0.677. The number of hydrogen-bond acceptors (Lipinski definition) is 2. The van der Waals surface area contributed by atoms with Gasteiger partial charge in [0.15, 0.2) is 0 Å². The van der Waals surface area contributed by atoms with E-state index in [9.17, 15) is 9.59 Å². The molecule has 1 radical (unpaired) electrons. The second-order valence-corrected chi connectivity index (χ2v) is 2.24. The van der Waals surface area contributed by atoms with Crippen molar-refractivity contribution in [2.45, 2.75) is 6.42 Å². The van der Waals surface area contributed by atoms with Crippen molar-refractivity contribution >= 4 is 17.9 Å². The molecule has 0 aliphatic rings. The van der Waals surface area contributed by atoms with Crippen LogP contribution in [0.15, 0.2) is 30.3 Å². The van der Waals surface area contributed by atoms with Crippen molar-refractivity contribution in [2.24, 2.45) is 0 Å². The molecule has 0 saturated carbocycles. The molecule has 1 aromatic carbocycles. The molecule has 3 heteroatoms. The maximum atomic E-state index is 10.8. The Morgan fingerprint density at radius 3 is 2.58 bits per heavy atom. The van der Waals surface area contributed by atoms with Gasteiger partial charge in [0.1, 0.15) is 0 Å². The van der Waals surface area contributed by atoms with Crippen molar-refractivity contribution in [1.29, 1.82) is 0 Å². The lowest BCUT2D eigenvalue weighted by atomic mass is 10.3. The van der Waals surface area contributed by atoms with Crippen LogP contribution < -0.4 is 5.32 Å². The van der Waals surface area contributed by atoms with Gasteiger partial charge in [-0.2, -0.15) is 0 Å². The number of anilines is 1. The van der Waals surface area contributed by atoms with E-state index in [2.05, 4.69) is 5.32 Å². The van der Waals surface area contributed by atoms with Crippen LogP contribution in [0.1, 0.15) is 6.42 Å². The van der Waals surface area contributed by atoms with E-state index in [1.54, 1.807) is 24.3 Å². The van der Waals surface area contributed by atoms with Crippen molar-refractivity contribution in [3.63, 3.8) is 0 Å². The molecule has 0 bridgehead atoms. The summed E-state index contributed by atoms with van der Waals surface area (Å²) < 4.78 is 0. The van der Waals surface area contributed by atoms with Gasteiger partial charge in [0, 0.05) is 5.69 Å². The highest BCUT2D eigenvalue weighted by atomic mass is 16.2. The zero-order valence-corrected chi connectivity index (χ0v) is 6.41. The number of benzene rings is 1. The first kappa shape index (κ1) is 8.46. The molecule has 0 saturated heterocycles. The third kappa shape index (κ3) is 2.54. The van der Waals surface area contributed by atoms with Crippen LogP contribution in [-0.4, -0.2) is 12.2 Å². The van der Waals surface area contributed by atoms with Crippen LogP contribution in [0.5, 0.6) is 0 Å². The van der Waals surface area contributed by atoms with Crippen molar-refractivity contribution in [3.05, 3.63) is 30.3 Å². The Labute approximate surface area is 70.4 Å². The summed E-state index contributed by atoms with van der Waals surface area (Å²) in [5, 5.41) is 2.54. The fourth-order valence-electron chi connectivity index (χ4n) is 0.792. The highest BCUT2D eigenvalue weighted by molar-refractivity contribution is 5.98. The molecule has 0 atom stereocenters. The number of amides is 1. The fourth-order valence-corrected chi connectivity index (χ4v) is 0.792. The molecular weight excluding hydrogens is 154 g/mol. The van der Waals surface area contributed by atoms with Crippen LogP contribution in [0.4, 0.5) is 5.69 Å². The molecule has 1 N–H and O–H groups in total. The average molecular weight is 162 g/mol. The minimum absolute atomic E-state index is 0.213. The highest BCUT2D eigenvalue weighted by Crippen LogP contribution is 2.04. The Hall–Kier alpha value is -1.64. The number of carbonyl (C=O) groups is 1. The third-order valence-corrected chi connectivity index (χ3v) is 1.29. The lowest BCUT2D eigenvalue weighted by Gasteiger charge is -2.00. The van der Waals surface area contributed by atoms with E-state index >= 15 is 0 Å². The van der Waals surface area contributed by atoms with Crippen LogP contribution in [0.3, 0.4) is 0 Å². The number of nitrogens with one attached hydrogen (secondary N) is 1. The number of carbonyl (C=O) groups excluding carboxylic acids is 2. The minimum atomic E-state index is -0.337. The van der Waals surface area contributed by atoms with Gasteiger partial charge in [-0.3, -0.25) is 9.59 Å². The SMILES string of the molecule is O=[C]CC(=O)Nc1ccccc1. The molecule has 0 heterocycles. The van der Waals surface area contributed by atoms with Gasteiger partial charge in [-0.1, -0.05) is 18.2 Å². The highest BCUT2D eigenvalue weighted by Gasteiger charge is 1.99. The summed E-state index contributed by atoms with van der Waals surface area (Å²) in [4.78, 5) is 20.7. The molecule has 0 aromatic heterocycles. The van der Waals surface area contributed by atoms with Crippen molar-refractivity contribution in [1.82, 2.24) is 0 Å². The smallest absolute Gasteiger partial charge is 0.232 e. The summed E-state index contributed by atoms with van der Waals surface area (Å²) in [5.74, 6) is -0.337. The number of para-hydroxylation sites is 1. The molecule has 12 heavy (non-hydrogen) atoms. The van der Waals surface area contributed by atoms with Crippen LogP contribution in [0.25, 0.3) is 0 Å². The van der Waals surface area contributed by atoms with Gasteiger partial charge in [-0.25, -0.2) is 0 Å². The van der Waals surface area contributed by atoms with Gasteiger partial charge in [0.25, 0.3) is 0 Å². The van der Waals surface area contributed by atoms with E-state index in [1.165, 1.54) is 6.29 Å². The summed E-state index contributed by atoms with van der Waals surface area (Å²) in [6, 6.07) is 8.97. The van der Waals surface area contributed by atoms with E-state index in [1.807, 2.05) is 6.07 Å². The summed E-state index contributed by atoms with van der Waals surface area (Å²) in [7, 11) is 0. The number of hydrogen-bond donors (Lipinski definition) is 1. The van der Waals surface area contributed by atoms with E-state index in [0.29, 0.717) is 5.69 Å². The molecule has 0 unspecified atom stereocenters. The molecule has 0 aliphatic heterocycles. The normalized spacial score (nSPS) is 9.00. The Bertz CT molecular complexity index is 269. The largest absolute Gasteiger partial charge is 0.326 e. The van der Waals surface area contributed by atoms with Crippen LogP contribution in [0.2, 0.25) is 0 Å². The molecule has 1 rings (SSSR count). The Kier molecular flexibility index (Phi) is 3.02. The Balaban J connectivity index is 2.52. The van der Waals surface area contributed by atoms with Crippen LogP contribution in [0, 0.1) is 0 Å². The molecule has 0 spiro atoms. The summed E-state index contributed by atoms with van der Waals surface area (Å²) in [6.45, 7) is 0. The lowest BCUT2D eigenvalue weighted by molar-refractivity contribution is -0.115. The molecule has 0 fully saturated rings. The first-order valence-corrected chi connectivity index (χ1v) is 3.53. The zero-order valence-electron chi connectivity index (χ0n) is 6.41. The number of rotatable bonds is 3. The molecule has 61 valence electrons. The zero-order chi connectivity index (χ0) is 8.81. The lowest BCUT2D eigenvalue weighted by Crippen LogP contribution is -2.11. The minimum Gasteiger partial charge on any atom is -0.326 e. The standard InChI is InChI=1S/C9H8NO2/c11-7-6-9(12)10-8-4-2-1-3-5-8/h1-5H,6H2,(H,10,12). The maximum absolute atomic E-state index is 10.8. The topological polar surface area (TPSA) is 46.2 Å². The van der Waals surface area contributed by atoms with Crippen molar-refractivity contribution in [3.8, 4) is 0 Å². The van der Waals surface area contributed by atoms with Gasteiger partial charge in [0.2, 0.25) is 12.2 Å². The maximum Gasteiger partial charge on any atom is 0.232 e. The van der Waals surface area contributed by atoms with Crippen molar-refractivity contribution < 1.29 is 9.59 Å². The third-order valence-electron chi connectivity index (χ3n) is 1.29. The molecule has 1 amide bonds. The Morgan fingerprint density at radius 2 is 2.00 bits per heavy atom. The van der Waals surface area contributed by atoms with Gasteiger partial charge >= 0.3 is 0 Å². The van der Waals surface area contributed by atoms with E-state index in [0.717, 1.165) is 0 Å². The van der Waals surface area contributed by atoms with Gasteiger partial charge in [0.05, 0.1) is 6.42 Å². The first-order valence-electron chi connectivity index (χ1n) is 3.53. The fraction of sp³-hybridized carbons (Fsp3) is 0.111. The van der Waals surface area contributed by atoms with Gasteiger partial charge in [-0.05, 0) is 12.1 Å². The van der Waals surface area contributed by atoms with E-state index < -0.39 is 0 Å². The molecular formula is C9H8NO2. The second kappa shape index (κ2) is 4.28. The summed E-state index contributed by atoms with van der Waals surface area (Å²) in [6.07, 6.45) is 1.31. The van der Waals surface area contributed by atoms with E-state index in [4.69, 9.17) is 0 Å². The predicted molar refractivity (Wildman–Crippen MR) is 45.4 cm³/mol. The van der Waals surface area contributed by atoms with Crippen LogP contribution in [-0.2, 0) is 9.59 Å². The predicted octanol–water partition coefficient (Wildman–Crippen LogP) is 1.12. The molecule has 1 aromatic rings. The molecule has 3 nitrogen and oxygen atoms in total. The van der Waals surface area contributed by atoms with Crippen LogP contribution >= 0.6 is 0 Å². The van der Waals surface area contributed by atoms with Gasteiger partial charge in [-0.15, -0.1) is 0 Å². The summed E-state index contributed by atoms with van der Waals surface area (Å²) in [5.41, 5.74) is 0.692. The van der Waals surface area contributed by atoms with Gasteiger partial charge < -0.3 is 5.32 Å². The van der Waals surface area contributed by atoms with E-state index in [-0.39, 0.29) is 12.3 Å². The van der Waals surface area contributed by atoms with Crippen molar-refractivity contribution in [2.75, 3.05) is 5.32 Å².